The molecule has 13 heavy (non-hydrogen) atoms. The molecule has 0 aromatic carbocycles. The zero-order valence-corrected chi connectivity index (χ0v) is 9.86. The van der Waals surface area contributed by atoms with E-state index in [1.54, 1.807) is 0 Å². The Bertz CT molecular complexity index is 180. The standard InChI is InChI=1S/C10H19ClO2/c1-9(2,3)13-8(12)10(4,5)6-7-11/h6-7H2,1-5H3. The first-order valence-electron chi connectivity index (χ1n) is 4.48. The van der Waals surface area contributed by atoms with Crippen LogP contribution in [0.25, 0.3) is 0 Å². The smallest absolute Gasteiger partial charge is 0.312 e. The van der Waals surface area contributed by atoms with Gasteiger partial charge in [0.2, 0.25) is 0 Å². The molecular weight excluding hydrogens is 188 g/mol. The summed E-state index contributed by atoms with van der Waals surface area (Å²) in [6.07, 6.45) is 0.642. The van der Waals surface area contributed by atoms with E-state index in [2.05, 4.69) is 0 Å². The van der Waals surface area contributed by atoms with E-state index in [9.17, 15) is 4.79 Å². The lowest BCUT2D eigenvalue weighted by Crippen LogP contribution is -2.34. The SMILES string of the molecule is CC(C)(C)OC(=O)C(C)(C)CCCl. The maximum Gasteiger partial charge on any atom is 0.312 e. The minimum atomic E-state index is -0.477. The number of ether oxygens (including phenoxy) is 1. The molecule has 0 spiro atoms. The Hall–Kier alpha value is -0.240. The molecule has 0 saturated heterocycles. The van der Waals surface area contributed by atoms with Crippen LogP contribution in [0.15, 0.2) is 0 Å². The van der Waals surface area contributed by atoms with E-state index in [-0.39, 0.29) is 5.97 Å². The molecular formula is C10H19ClO2. The largest absolute Gasteiger partial charge is 0.460 e. The van der Waals surface area contributed by atoms with Crippen molar-refractivity contribution in [2.75, 3.05) is 5.88 Å². The van der Waals surface area contributed by atoms with Gasteiger partial charge >= 0.3 is 5.97 Å². The molecule has 0 amide bonds. The summed E-state index contributed by atoms with van der Waals surface area (Å²) in [4.78, 5) is 11.6. The van der Waals surface area contributed by atoms with E-state index in [0.717, 1.165) is 0 Å². The van der Waals surface area contributed by atoms with Crippen molar-refractivity contribution in [3.8, 4) is 0 Å². The molecule has 0 heterocycles. The normalized spacial score (nSPS) is 12.8. The fourth-order valence-corrected chi connectivity index (χ4v) is 1.23. The van der Waals surface area contributed by atoms with Crippen LogP contribution in [0.5, 0.6) is 0 Å². The Morgan fingerprint density at radius 3 is 2.00 bits per heavy atom. The monoisotopic (exact) mass is 206 g/mol. The van der Waals surface area contributed by atoms with Gasteiger partial charge in [-0.2, -0.15) is 0 Å². The van der Waals surface area contributed by atoms with Crippen molar-refractivity contribution in [2.24, 2.45) is 5.41 Å². The molecule has 2 nitrogen and oxygen atoms in total. The van der Waals surface area contributed by atoms with Crippen molar-refractivity contribution < 1.29 is 9.53 Å². The third kappa shape index (κ3) is 5.14. The van der Waals surface area contributed by atoms with Gasteiger partial charge in [-0.1, -0.05) is 0 Å². The number of halogens is 1. The summed E-state index contributed by atoms with van der Waals surface area (Å²) in [7, 11) is 0. The van der Waals surface area contributed by atoms with Crippen molar-refractivity contribution in [3.05, 3.63) is 0 Å². The van der Waals surface area contributed by atoms with Gasteiger partial charge in [-0.05, 0) is 41.0 Å². The highest BCUT2D eigenvalue weighted by Gasteiger charge is 2.31. The van der Waals surface area contributed by atoms with Gasteiger partial charge in [0.05, 0.1) is 5.41 Å². The first kappa shape index (κ1) is 12.8. The van der Waals surface area contributed by atoms with E-state index < -0.39 is 11.0 Å². The molecule has 78 valence electrons. The second-order valence-corrected chi connectivity index (χ2v) is 5.20. The maximum absolute atomic E-state index is 11.6. The number of carbonyl (C=O) groups is 1. The Morgan fingerprint density at radius 1 is 1.23 bits per heavy atom. The van der Waals surface area contributed by atoms with Crippen molar-refractivity contribution in [1.29, 1.82) is 0 Å². The highest BCUT2D eigenvalue weighted by molar-refractivity contribution is 6.18. The summed E-state index contributed by atoms with van der Waals surface area (Å²) in [5.74, 6) is 0.298. The van der Waals surface area contributed by atoms with Gasteiger partial charge in [0.25, 0.3) is 0 Å². The van der Waals surface area contributed by atoms with Gasteiger partial charge in [0.15, 0.2) is 0 Å². The maximum atomic E-state index is 11.6. The van der Waals surface area contributed by atoms with Crippen LogP contribution in [0.1, 0.15) is 41.0 Å². The molecule has 0 fully saturated rings. The Morgan fingerprint density at radius 2 is 1.69 bits per heavy atom. The van der Waals surface area contributed by atoms with Crippen LogP contribution >= 0.6 is 11.6 Å². The average Bonchev–Trinajstić information content (AvgIpc) is 1.82. The van der Waals surface area contributed by atoms with Crippen LogP contribution in [0.2, 0.25) is 0 Å². The van der Waals surface area contributed by atoms with Gasteiger partial charge in [-0.15, -0.1) is 11.6 Å². The minimum Gasteiger partial charge on any atom is -0.460 e. The third-order valence-electron chi connectivity index (χ3n) is 1.67. The number of esters is 1. The summed E-state index contributed by atoms with van der Waals surface area (Å²) < 4.78 is 5.26. The topological polar surface area (TPSA) is 26.3 Å². The molecule has 0 atom stereocenters. The van der Waals surface area contributed by atoms with Crippen LogP contribution in [0.4, 0.5) is 0 Å². The van der Waals surface area contributed by atoms with E-state index in [4.69, 9.17) is 16.3 Å². The predicted molar refractivity (Wildman–Crippen MR) is 55.0 cm³/mol. The summed E-state index contributed by atoms with van der Waals surface area (Å²) in [6, 6.07) is 0. The fourth-order valence-electron chi connectivity index (χ4n) is 0.755. The first-order valence-corrected chi connectivity index (χ1v) is 5.02. The summed E-state index contributed by atoms with van der Waals surface area (Å²) >= 11 is 5.59. The van der Waals surface area contributed by atoms with Crippen molar-refractivity contribution in [2.45, 2.75) is 46.6 Å². The molecule has 0 unspecified atom stereocenters. The Kier molecular flexibility index (Phi) is 4.24. The fraction of sp³-hybridized carbons (Fsp3) is 0.900. The van der Waals surface area contributed by atoms with Crippen LogP contribution in [-0.4, -0.2) is 17.5 Å². The minimum absolute atomic E-state index is 0.180. The lowest BCUT2D eigenvalue weighted by molar-refractivity contribution is -0.165. The van der Waals surface area contributed by atoms with Crippen molar-refractivity contribution in [3.63, 3.8) is 0 Å². The third-order valence-corrected chi connectivity index (χ3v) is 1.86. The number of hydrogen-bond acceptors (Lipinski definition) is 2. The summed E-state index contributed by atoms with van der Waals surface area (Å²) in [5.41, 5.74) is -0.893. The van der Waals surface area contributed by atoms with Gasteiger partial charge in [-0.3, -0.25) is 4.79 Å². The second-order valence-electron chi connectivity index (χ2n) is 4.82. The van der Waals surface area contributed by atoms with Crippen LogP contribution < -0.4 is 0 Å². The molecule has 3 heteroatoms. The van der Waals surface area contributed by atoms with Crippen molar-refractivity contribution in [1.82, 2.24) is 0 Å². The molecule has 0 radical (unpaired) electrons. The van der Waals surface area contributed by atoms with Gasteiger partial charge in [0, 0.05) is 5.88 Å². The number of carbonyl (C=O) groups excluding carboxylic acids is 1. The van der Waals surface area contributed by atoms with E-state index in [1.807, 2.05) is 34.6 Å². The van der Waals surface area contributed by atoms with Gasteiger partial charge in [0.1, 0.15) is 5.60 Å². The predicted octanol–water partition coefficient (Wildman–Crippen LogP) is 2.98. The molecule has 0 aromatic rings. The lowest BCUT2D eigenvalue weighted by Gasteiger charge is -2.27. The molecule has 0 aliphatic carbocycles. The highest BCUT2D eigenvalue weighted by atomic mass is 35.5. The van der Waals surface area contributed by atoms with Crippen molar-refractivity contribution >= 4 is 17.6 Å². The van der Waals surface area contributed by atoms with Crippen LogP contribution in [0, 0.1) is 5.41 Å². The van der Waals surface area contributed by atoms with Crippen LogP contribution in [-0.2, 0) is 9.53 Å². The molecule has 0 saturated carbocycles. The van der Waals surface area contributed by atoms with Gasteiger partial charge in [-0.25, -0.2) is 0 Å². The quantitative estimate of drug-likeness (QED) is 0.524. The lowest BCUT2D eigenvalue weighted by atomic mass is 9.90. The van der Waals surface area contributed by atoms with Crippen LogP contribution in [0.3, 0.4) is 0 Å². The van der Waals surface area contributed by atoms with E-state index >= 15 is 0 Å². The molecule has 0 N–H and O–H groups in total. The first-order chi connectivity index (χ1) is 5.69. The molecule has 0 rings (SSSR count). The second kappa shape index (κ2) is 4.32. The number of hydrogen-bond donors (Lipinski definition) is 0. The van der Waals surface area contributed by atoms with Gasteiger partial charge < -0.3 is 4.74 Å². The summed E-state index contributed by atoms with van der Waals surface area (Å²) in [6.45, 7) is 9.29. The van der Waals surface area contributed by atoms with E-state index in [0.29, 0.717) is 12.3 Å². The summed E-state index contributed by atoms with van der Waals surface area (Å²) in [5, 5.41) is 0. The van der Waals surface area contributed by atoms with E-state index in [1.165, 1.54) is 0 Å². The molecule has 0 aromatic heterocycles. The molecule has 0 aliphatic rings. The Balaban J connectivity index is 4.25. The molecule has 0 bridgehead atoms. The zero-order valence-electron chi connectivity index (χ0n) is 9.11. The molecule has 0 aliphatic heterocycles. The average molecular weight is 207 g/mol. The highest BCUT2D eigenvalue weighted by Crippen LogP contribution is 2.25. The number of alkyl halides is 1. The Labute approximate surface area is 85.6 Å². The number of rotatable bonds is 3. The zero-order chi connectivity index (χ0) is 10.7.